The Labute approximate surface area is 106 Å². The molecule has 2 saturated heterocycles. The van der Waals surface area contributed by atoms with Gasteiger partial charge in [0.2, 0.25) is 0 Å². The third-order valence-electron chi connectivity index (χ3n) is 5.57. The first-order valence-electron chi connectivity index (χ1n) is 7.78. The normalized spacial score (nSPS) is 46.1. The van der Waals surface area contributed by atoms with Gasteiger partial charge in [-0.1, -0.05) is 26.2 Å². The number of hydrogen-bond donors (Lipinski definition) is 1. The Hall–Kier alpha value is -0.0800. The van der Waals surface area contributed by atoms with Gasteiger partial charge in [0.05, 0.1) is 0 Å². The van der Waals surface area contributed by atoms with Crippen LogP contribution in [0, 0.1) is 17.8 Å². The summed E-state index contributed by atoms with van der Waals surface area (Å²) in [6.07, 6.45) is 8.72. The fourth-order valence-corrected chi connectivity index (χ4v) is 4.22. The standard InChI is InChI=1S/C15H28N2/c1-12-4-2-3-5-13(12)10-16-15-7-9-17-8-6-14(15)11-17/h12-16H,2-11H2,1H3. The van der Waals surface area contributed by atoms with Gasteiger partial charge in [-0.25, -0.2) is 0 Å². The highest BCUT2D eigenvalue weighted by Crippen LogP contribution is 2.31. The summed E-state index contributed by atoms with van der Waals surface area (Å²) in [4.78, 5) is 2.64. The van der Waals surface area contributed by atoms with Crippen LogP contribution in [0.25, 0.3) is 0 Å². The highest BCUT2D eigenvalue weighted by Gasteiger charge is 2.34. The summed E-state index contributed by atoms with van der Waals surface area (Å²) in [5, 5.41) is 3.92. The van der Waals surface area contributed by atoms with Crippen LogP contribution in [0.3, 0.4) is 0 Å². The van der Waals surface area contributed by atoms with E-state index in [1.54, 1.807) is 0 Å². The van der Waals surface area contributed by atoms with Crippen molar-refractivity contribution >= 4 is 0 Å². The Kier molecular flexibility index (Phi) is 3.72. The van der Waals surface area contributed by atoms with E-state index in [0.29, 0.717) is 0 Å². The number of nitrogens with one attached hydrogen (secondary N) is 1. The largest absolute Gasteiger partial charge is 0.313 e. The van der Waals surface area contributed by atoms with Gasteiger partial charge in [-0.3, -0.25) is 0 Å². The predicted molar refractivity (Wildman–Crippen MR) is 72.1 cm³/mol. The second-order valence-electron chi connectivity index (χ2n) is 6.67. The summed E-state index contributed by atoms with van der Waals surface area (Å²) in [7, 11) is 0. The average molecular weight is 236 g/mol. The summed E-state index contributed by atoms with van der Waals surface area (Å²) in [5.41, 5.74) is 0. The molecule has 2 heteroatoms. The van der Waals surface area contributed by atoms with Crippen LogP contribution in [0.4, 0.5) is 0 Å². The van der Waals surface area contributed by atoms with Crippen molar-refractivity contribution in [3.63, 3.8) is 0 Å². The summed E-state index contributed by atoms with van der Waals surface area (Å²) in [5.74, 6) is 2.88. The predicted octanol–water partition coefficient (Wildman–Crippen LogP) is 2.50. The minimum atomic E-state index is 0.836. The lowest BCUT2D eigenvalue weighted by atomic mass is 9.80. The van der Waals surface area contributed by atoms with E-state index in [-0.39, 0.29) is 0 Å². The van der Waals surface area contributed by atoms with Crippen LogP contribution in [0.2, 0.25) is 0 Å². The number of piperidine rings is 1. The second kappa shape index (κ2) is 5.27. The maximum absolute atomic E-state index is 3.92. The maximum Gasteiger partial charge on any atom is 0.0120 e. The van der Waals surface area contributed by atoms with Crippen molar-refractivity contribution in [3.8, 4) is 0 Å². The van der Waals surface area contributed by atoms with Crippen LogP contribution < -0.4 is 5.32 Å². The van der Waals surface area contributed by atoms with Crippen molar-refractivity contribution in [2.75, 3.05) is 26.2 Å². The molecule has 3 fully saturated rings. The minimum absolute atomic E-state index is 0.836. The Morgan fingerprint density at radius 1 is 1.06 bits per heavy atom. The van der Waals surface area contributed by atoms with Gasteiger partial charge >= 0.3 is 0 Å². The van der Waals surface area contributed by atoms with Gasteiger partial charge in [-0.05, 0) is 56.7 Å². The SMILES string of the molecule is CC1CCCCC1CNC1CCN2CCC1C2. The molecular weight excluding hydrogens is 208 g/mol. The molecule has 0 spiro atoms. The van der Waals surface area contributed by atoms with E-state index in [2.05, 4.69) is 17.1 Å². The van der Waals surface area contributed by atoms with Crippen LogP contribution in [0.15, 0.2) is 0 Å². The van der Waals surface area contributed by atoms with Gasteiger partial charge in [0.15, 0.2) is 0 Å². The molecule has 1 saturated carbocycles. The van der Waals surface area contributed by atoms with Gasteiger partial charge in [0.25, 0.3) is 0 Å². The highest BCUT2D eigenvalue weighted by atomic mass is 15.2. The molecule has 0 amide bonds. The fraction of sp³-hybridized carbons (Fsp3) is 1.00. The molecule has 2 aliphatic heterocycles. The maximum atomic E-state index is 3.92. The van der Waals surface area contributed by atoms with Crippen molar-refractivity contribution in [3.05, 3.63) is 0 Å². The van der Waals surface area contributed by atoms with Crippen molar-refractivity contribution in [2.24, 2.45) is 17.8 Å². The minimum Gasteiger partial charge on any atom is -0.313 e. The molecular formula is C15H28N2. The van der Waals surface area contributed by atoms with Crippen molar-refractivity contribution < 1.29 is 0 Å². The zero-order valence-electron chi connectivity index (χ0n) is 11.3. The Morgan fingerprint density at radius 2 is 1.88 bits per heavy atom. The topological polar surface area (TPSA) is 15.3 Å². The van der Waals surface area contributed by atoms with Crippen LogP contribution in [-0.4, -0.2) is 37.1 Å². The Morgan fingerprint density at radius 3 is 2.76 bits per heavy atom. The molecule has 3 aliphatic rings. The van der Waals surface area contributed by atoms with Crippen LogP contribution in [-0.2, 0) is 0 Å². The van der Waals surface area contributed by atoms with Gasteiger partial charge in [-0.2, -0.15) is 0 Å². The number of fused-ring (bicyclic) bond motifs is 2. The molecule has 2 nitrogen and oxygen atoms in total. The zero-order chi connectivity index (χ0) is 11.7. The van der Waals surface area contributed by atoms with Crippen molar-refractivity contribution in [1.29, 1.82) is 0 Å². The number of rotatable bonds is 3. The van der Waals surface area contributed by atoms with E-state index >= 15 is 0 Å². The highest BCUT2D eigenvalue weighted by molar-refractivity contribution is 4.91. The van der Waals surface area contributed by atoms with E-state index in [1.807, 2.05) is 0 Å². The first-order chi connectivity index (χ1) is 8.33. The lowest BCUT2D eigenvalue weighted by Gasteiger charge is -2.35. The molecule has 0 aromatic heterocycles. The number of nitrogens with zero attached hydrogens (tertiary/aromatic N) is 1. The second-order valence-corrected chi connectivity index (χ2v) is 6.67. The number of hydrogen-bond acceptors (Lipinski definition) is 2. The first-order valence-corrected chi connectivity index (χ1v) is 7.78. The molecule has 2 bridgehead atoms. The molecule has 2 heterocycles. The molecule has 5 unspecified atom stereocenters. The van der Waals surface area contributed by atoms with Gasteiger partial charge in [0, 0.05) is 12.6 Å². The fourth-order valence-electron chi connectivity index (χ4n) is 4.22. The molecule has 98 valence electrons. The van der Waals surface area contributed by atoms with Crippen LogP contribution in [0.5, 0.6) is 0 Å². The van der Waals surface area contributed by atoms with Crippen LogP contribution in [0.1, 0.15) is 45.4 Å². The summed E-state index contributed by atoms with van der Waals surface area (Å²) < 4.78 is 0. The molecule has 0 aromatic carbocycles. The molecule has 17 heavy (non-hydrogen) atoms. The van der Waals surface area contributed by atoms with E-state index in [1.165, 1.54) is 64.7 Å². The molecule has 1 N–H and O–H groups in total. The lowest BCUT2D eigenvalue weighted by molar-refractivity contribution is 0.192. The molecule has 0 aromatic rings. The Bertz CT molecular complexity index is 253. The average Bonchev–Trinajstić information content (AvgIpc) is 2.73. The third kappa shape index (κ3) is 2.68. The van der Waals surface area contributed by atoms with E-state index in [4.69, 9.17) is 0 Å². The Balaban J connectivity index is 1.47. The van der Waals surface area contributed by atoms with Crippen LogP contribution >= 0.6 is 0 Å². The molecule has 5 atom stereocenters. The first kappa shape index (κ1) is 12.0. The van der Waals surface area contributed by atoms with E-state index in [9.17, 15) is 0 Å². The third-order valence-corrected chi connectivity index (χ3v) is 5.57. The lowest BCUT2D eigenvalue weighted by Crippen LogP contribution is -2.46. The summed E-state index contributed by atoms with van der Waals surface area (Å²) in [6, 6.07) is 0.836. The monoisotopic (exact) mass is 236 g/mol. The summed E-state index contributed by atoms with van der Waals surface area (Å²) in [6.45, 7) is 7.83. The smallest absolute Gasteiger partial charge is 0.0120 e. The zero-order valence-corrected chi connectivity index (χ0v) is 11.3. The quantitative estimate of drug-likeness (QED) is 0.810. The van der Waals surface area contributed by atoms with E-state index in [0.717, 1.165) is 23.8 Å². The van der Waals surface area contributed by atoms with Crippen molar-refractivity contribution in [2.45, 2.75) is 51.5 Å². The molecule has 3 rings (SSSR count). The van der Waals surface area contributed by atoms with Gasteiger partial charge in [-0.15, -0.1) is 0 Å². The summed E-state index contributed by atoms with van der Waals surface area (Å²) >= 11 is 0. The molecule has 0 radical (unpaired) electrons. The van der Waals surface area contributed by atoms with Gasteiger partial charge < -0.3 is 10.2 Å². The van der Waals surface area contributed by atoms with Crippen molar-refractivity contribution in [1.82, 2.24) is 10.2 Å². The van der Waals surface area contributed by atoms with E-state index < -0.39 is 0 Å². The van der Waals surface area contributed by atoms with Gasteiger partial charge in [0.1, 0.15) is 0 Å². The molecule has 1 aliphatic carbocycles.